The van der Waals surface area contributed by atoms with E-state index in [-0.39, 0.29) is 22.3 Å². The highest BCUT2D eigenvalue weighted by Crippen LogP contribution is 2.36. The molecule has 0 spiro atoms. The molecule has 1 atom stereocenters. The average Bonchev–Trinajstić information content (AvgIpc) is 3.26. The molecule has 10 nitrogen and oxygen atoms in total. The number of aromatic nitrogens is 2. The largest absolute Gasteiger partial charge is 0.455 e. The zero-order chi connectivity index (χ0) is 25.4. The van der Waals surface area contributed by atoms with Crippen LogP contribution in [0.3, 0.4) is 0 Å². The molecule has 0 bridgehead atoms. The van der Waals surface area contributed by atoms with Crippen molar-refractivity contribution in [3.8, 4) is 0 Å². The lowest BCUT2D eigenvalue weighted by Crippen LogP contribution is -2.54. The summed E-state index contributed by atoms with van der Waals surface area (Å²) in [7, 11) is -1.39. The third-order valence-corrected chi connectivity index (χ3v) is 10.2. The van der Waals surface area contributed by atoms with E-state index in [1.54, 1.807) is 19.1 Å². The first-order valence-corrected chi connectivity index (χ1v) is 15.2. The van der Waals surface area contributed by atoms with Crippen LogP contribution >= 0.6 is 0 Å². The Morgan fingerprint density at radius 2 is 2.03 bits per heavy atom. The van der Waals surface area contributed by atoms with Crippen molar-refractivity contribution in [3.63, 3.8) is 0 Å². The van der Waals surface area contributed by atoms with Gasteiger partial charge in [0.15, 0.2) is 32.6 Å². The van der Waals surface area contributed by atoms with E-state index in [4.69, 9.17) is 19.4 Å². The SMILES string of the molecule is CCS(=O)(=O)c1cccc(C(=O)OC2CN(c3nc4c(c(N(C)C5CCOCC5)n3)[S+](O)CC4)C2)c1. The summed E-state index contributed by atoms with van der Waals surface area (Å²) in [4.78, 5) is 27.3. The number of rotatable bonds is 7. The van der Waals surface area contributed by atoms with E-state index in [2.05, 4.69) is 4.90 Å². The number of esters is 1. The van der Waals surface area contributed by atoms with E-state index in [0.29, 0.717) is 50.5 Å². The van der Waals surface area contributed by atoms with Gasteiger partial charge in [-0.25, -0.2) is 18.2 Å². The fraction of sp³-hybridized carbons (Fsp3) is 0.542. The molecule has 2 saturated heterocycles. The number of nitrogens with zero attached hydrogens (tertiary/aromatic N) is 4. The van der Waals surface area contributed by atoms with Gasteiger partial charge in [-0.2, -0.15) is 9.54 Å². The molecule has 1 aromatic carbocycles. The standard InChI is InChI=1S/C24H31N4O6S2/c1-3-36(31,32)19-6-4-5-16(13-19)23(29)34-18-14-28(15-18)24-25-20-9-12-35(30)21(20)22(26-24)27(2)17-7-10-33-11-8-17/h4-6,13,17-18,30H,3,7-12,14-15H2,1-2H3/q+1. The van der Waals surface area contributed by atoms with Crippen molar-refractivity contribution in [1.82, 2.24) is 9.97 Å². The Morgan fingerprint density at radius 1 is 1.28 bits per heavy atom. The number of anilines is 2. The minimum atomic E-state index is -3.41. The second-order valence-electron chi connectivity index (χ2n) is 9.26. The van der Waals surface area contributed by atoms with Crippen LogP contribution in [0.1, 0.15) is 35.8 Å². The minimum Gasteiger partial charge on any atom is -0.455 e. The van der Waals surface area contributed by atoms with Crippen molar-refractivity contribution in [2.75, 3.05) is 54.7 Å². The highest BCUT2D eigenvalue weighted by molar-refractivity contribution is 7.92. The number of sulfone groups is 1. The number of carbonyl (C=O) groups excluding carboxylic acids is 1. The Balaban J connectivity index is 1.28. The number of fused-ring (bicyclic) bond motifs is 1. The molecule has 5 rings (SSSR count). The lowest BCUT2D eigenvalue weighted by molar-refractivity contribution is 0.0231. The molecule has 2 fully saturated rings. The van der Waals surface area contributed by atoms with Crippen LogP contribution in [0.25, 0.3) is 0 Å². The highest BCUT2D eigenvalue weighted by atomic mass is 32.2. The first-order chi connectivity index (χ1) is 17.3. The molecule has 194 valence electrons. The van der Waals surface area contributed by atoms with E-state index in [1.165, 1.54) is 12.1 Å². The van der Waals surface area contributed by atoms with Gasteiger partial charge in [0.05, 0.1) is 29.3 Å². The molecule has 0 saturated carbocycles. The molecule has 1 unspecified atom stereocenters. The molecule has 4 heterocycles. The summed E-state index contributed by atoms with van der Waals surface area (Å²) in [6, 6.07) is 6.25. The molecule has 0 aliphatic carbocycles. The van der Waals surface area contributed by atoms with Gasteiger partial charge in [0.25, 0.3) is 4.90 Å². The zero-order valence-corrected chi connectivity index (χ0v) is 22.1. The number of ether oxygens (including phenoxy) is 2. The van der Waals surface area contributed by atoms with Gasteiger partial charge in [0.1, 0.15) is 11.8 Å². The molecule has 0 radical (unpaired) electrons. The monoisotopic (exact) mass is 535 g/mol. The molecule has 3 aliphatic heterocycles. The van der Waals surface area contributed by atoms with Gasteiger partial charge in [-0.15, -0.1) is 0 Å². The fourth-order valence-electron chi connectivity index (χ4n) is 4.68. The van der Waals surface area contributed by atoms with Crippen molar-refractivity contribution in [2.45, 2.75) is 48.1 Å². The lowest BCUT2D eigenvalue weighted by atomic mass is 10.1. The number of aryl methyl sites for hydroxylation is 1. The van der Waals surface area contributed by atoms with Gasteiger partial charge >= 0.3 is 5.97 Å². The first kappa shape index (κ1) is 25.2. The summed E-state index contributed by atoms with van der Waals surface area (Å²) >= 11 is -0.864. The third-order valence-electron chi connectivity index (χ3n) is 6.96. The molecule has 0 amide bonds. The smallest absolute Gasteiger partial charge is 0.338 e. The highest BCUT2D eigenvalue weighted by Gasteiger charge is 2.42. The van der Waals surface area contributed by atoms with Crippen molar-refractivity contribution in [1.29, 1.82) is 0 Å². The Hall–Kier alpha value is -2.41. The molecule has 1 aromatic heterocycles. The van der Waals surface area contributed by atoms with Crippen molar-refractivity contribution in [3.05, 3.63) is 35.5 Å². The van der Waals surface area contributed by atoms with Crippen LogP contribution in [0.2, 0.25) is 0 Å². The lowest BCUT2D eigenvalue weighted by Gasteiger charge is -2.39. The summed E-state index contributed by atoms with van der Waals surface area (Å²) in [6.07, 6.45) is 2.19. The Morgan fingerprint density at radius 3 is 2.75 bits per heavy atom. The number of carbonyl (C=O) groups is 1. The number of benzene rings is 1. The quantitative estimate of drug-likeness (QED) is 0.416. The van der Waals surface area contributed by atoms with E-state index in [9.17, 15) is 17.8 Å². The molecule has 3 aliphatic rings. The van der Waals surface area contributed by atoms with Gasteiger partial charge in [-0.1, -0.05) is 13.0 Å². The van der Waals surface area contributed by atoms with Crippen molar-refractivity contribution < 1.29 is 27.2 Å². The minimum absolute atomic E-state index is 0.0346. The van der Waals surface area contributed by atoms with E-state index >= 15 is 0 Å². The average molecular weight is 536 g/mol. The van der Waals surface area contributed by atoms with E-state index in [1.807, 2.05) is 11.9 Å². The normalized spacial score (nSPS) is 20.6. The van der Waals surface area contributed by atoms with Gasteiger partial charge in [0, 0.05) is 32.7 Å². The van der Waals surface area contributed by atoms with Crippen molar-refractivity contribution in [2.24, 2.45) is 0 Å². The number of hydrogen-bond acceptors (Lipinski definition) is 10. The van der Waals surface area contributed by atoms with E-state index in [0.717, 1.165) is 29.2 Å². The number of hydrogen-bond donors (Lipinski definition) is 1. The van der Waals surface area contributed by atoms with Gasteiger partial charge in [0.2, 0.25) is 5.95 Å². The third kappa shape index (κ3) is 4.91. The predicted octanol–water partition coefficient (Wildman–Crippen LogP) is 1.94. The van der Waals surface area contributed by atoms with Crippen LogP contribution in [0.15, 0.2) is 34.1 Å². The van der Waals surface area contributed by atoms with Gasteiger partial charge in [-0.05, 0) is 31.0 Å². The van der Waals surface area contributed by atoms with Crippen LogP contribution in [0, 0.1) is 0 Å². The van der Waals surface area contributed by atoms with Gasteiger partial charge in [-0.3, -0.25) is 0 Å². The molecule has 12 heteroatoms. The Bertz CT molecular complexity index is 1250. The molecule has 1 N–H and O–H groups in total. The summed E-state index contributed by atoms with van der Waals surface area (Å²) in [6.45, 7) is 3.89. The molecular weight excluding hydrogens is 504 g/mol. The topological polar surface area (TPSA) is 122 Å². The Labute approximate surface area is 214 Å². The van der Waals surface area contributed by atoms with Crippen LogP contribution in [0.4, 0.5) is 11.8 Å². The maximum atomic E-state index is 12.7. The zero-order valence-electron chi connectivity index (χ0n) is 20.4. The maximum absolute atomic E-state index is 12.7. The van der Waals surface area contributed by atoms with Gasteiger partial charge < -0.3 is 19.3 Å². The molecule has 36 heavy (non-hydrogen) atoms. The van der Waals surface area contributed by atoms with Crippen LogP contribution in [-0.4, -0.2) is 85.9 Å². The fourth-order valence-corrected chi connectivity index (χ4v) is 7.02. The van der Waals surface area contributed by atoms with Crippen molar-refractivity contribution >= 4 is 38.7 Å². The summed E-state index contributed by atoms with van der Waals surface area (Å²) in [5, 5.41) is 0. The summed E-state index contributed by atoms with van der Waals surface area (Å²) < 4.78 is 46.0. The second kappa shape index (κ2) is 10.2. The maximum Gasteiger partial charge on any atom is 0.338 e. The molecule has 2 aromatic rings. The Kier molecular flexibility index (Phi) is 7.12. The van der Waals surface area contributed by atoms with Crippen LogP contribution in [0.5, 0.6) is 0 Å². The summed E-state index contributed by atoms with van der Waals surface area (Å²) in [5.74, 6) is 1.43. The van der Waals surface area contributed by atoms with Crippen LogP contribution < -0.4 is 9.80 Å². The summed E-state index contributed by atoms with van der Waals surface area (Å²) in [5.41, 5.74) is 1.10. The predicted molar refractivity (Wildman–Crippen MR) is 137 cm³/mol. The first-order valence-electron chi connectivity index (χ1n) is 12.2. The van der Waals surface area contributed by atoms with E-state index < -0.39 is 27.0 Å². The van der Waals surface area contributed by atoms with Crippen LogP contribution in [-0.2, 0) is 36.9 Å². The second-order valence-corrected chi connectivity index (χ2v) is 13.1. The molecular formula is C24H31N4O6S2+.